The van der Waals surface area contributed by atoms with Gasteiger partial charge in [0.25, 0.3) is 0 Å². The molecule has 0 spiro atoms. The Bertz CT molecular complexity index is 1130. The highest BCUT2D eigenvalue weighted by atomic mass is 32.1. The molecule has 1 atom stereocenters. The van der Waals surface area contributed by atoms with Crippen LogP contribution in [0, 0.1) is 6.92 Å². The first-order valence-corrected chi connectivity index (χ1v) is 9.47. The molecule has 1 unspecified atom stereocenters. The van der Waals surface area contributed by atoms with Crippen LogP contribution in [0.1, 0.15) is 24.4 Å². The number of benzene rings is 2. The maximum atomic E-state index is 5.45. The second-order valence-corrected chi connectivity index (χ2v) is 7.14. The smallest absolute Gasteiger partial charge is 0.162 e. The molecule has 4 aromatic rings. The molecule has 0 aliphatic carbocycles. The van der Waals surface area contributed by atoms with E-state index in [1.807, 2.05) is 24.6 Å². The molecule has 27 heavy (non-hydrogen) atoms. The number of anilines is 1. The molecule has 4 rings (SSSR count). The van der Waals surface area contributed by atoms with Gasteiger partial charge in [-0.05, 0) is 26.0 Å². The van der Waals surface area contributed by atoms with Crippen molar-refractivity contribution in [2.24, 2.45) is 0 Å². The van der Waals surface area contributed by atoms with Crippen molar-refractivity contribution in [3.05, 3.63) is 47.2 Å². The van der Waals surface area contributed by atoms with Crippen molar-refractivity contribution in [3.63, 3.8) is 0 Å². The zero-order chi connectivity index (χ0) is 19.0. The van der Waals surface area contributed by atoms with E-state index in [0.29, 0.717) is 17.3 Å². The molecular formula is C20H20N4O2S. The fraction of sp³-hybridized carbons (Fsp3) is 0.250. The third-order valence-corrected chi connectivity index (χ3v) is 5.32. The van der Waals surface area contributed by atoms with E-state index in [1.54, 1.807) is 25.6 Å². The lowest BCUT2D eigenvalue weighted by atomic mass is 10.1. The number of aromatic nitrogens is 3. The Morgan fingerprint density at radius 2 is 1.85 bits per heavy atom. The van der Waals surface area contributed by atoms with Crippen LogP contribution in [0.5, 0.6) is 11.5 Å². The first-order chi connectivity index (χ1) is 13.1. The Kier molecular flexibility index (Phi) is 4.53. The highest BCUT2D eigenvalue weighted by Gasteiger charge is 2.16. The number of fused-ring (bicyclic) bond motifs is 2. The number of nitrogens with zero attached hydrogens (tertiary/aromatic N) is 3. The van der Waals surface area contributed by atoms with Gasteiger partial charge in [0.05, 0.1) is 41.5 Å². The summed E-state index contributed by atoms with van der Waals surface area (Å²) in [5.41, 5.74) is 4.85. The van der Waals surface area contributed by atoms with E-state index in [4.69, 9.17) is 9.47 Å². The van der Waals surface area contributed by atoms with Crippen molar-refractivity contribution in [3.8, 4) is 11.5 Å². The summed E-state index contributed by atoms with van der Waals surface area (Å²) in [5, 5.41) is 4.41. The van der Waals surface area contributed by atoms with E-state index >= 15 is 0 Å². The maximum absolute atomic E-state index is 5.45. The maximum Gasteiger partial charge on any atom is 0.162 e. The van der Waals surface area contributed by atoms with Gasteiger partial charge in [-0.2, -0.15) is 0 Å². The number of rotatable bonds is 5. The average Bonchev–Trinajstić information content (AvgIpc) is 3.15. The van der Waals surface area contributed by atoms with Crippen molar-refractivity contribution < 1.29 is 9.47 Å². The molecule has 0 amide bonds. The summed E-state index contributed by atoms with van der Waals surface area (Å²) in [4.78, 5) is 13.7. The SMILES string of the molecule is COc1cc2nc(C)nc(NC(C)c3cccc4scnc34)c2cc1OC. The van der Waals surface area contributed by atoms with Crippen molar-refractivity contribution in [2.45, 2.75) is 19.9 Å². The monoisotopic (exact) mass is 380 g/mol. The summed E-state index contributed by atoms with van der Waals surface area (Å²) in [5.74, 6) is 2.75. The van der Waals surface area contributed by atoms with Gasteiger partial charge in [-0.15, -0.1) is 11.3 Å². The second kappa shape index (κ2) is 7.00. The number of aryl methyl sites for hydroxylation is 1. The summed E-state index contributed by atoms with van der Waals surface area (Å²) >= 11 is 1.64. The normalized spacial score (nSPS) is 12.3. The third kappa shape index (κ3) is 3.14. The van der Waals surface area contributed by atoms with Crippen molar-refractivity contribution >= 4 is 38.3 Å². The van der Waals surface area contributed by atoms with Gasteiger partial charge in [0.15, 0.2) is 11.5 Å². The molecule has 0 bridgehead atoms. The van der Waals surface area contributed by atoms with Crippen LogP contribution in [0.2, 0.25) is 0 Å². The Hall–Kier alpha value is -2.93. The molecule has 138 valence electrons. The van der Waals surface area contributed by atoms with Gasteiger partial charge in [0.2, 0.25) is 0 Å². The minimum atomic E-state index is 0.0291. The Balaban J connectivity index is 1.80. The number of ether oxygens (including phenoxy) is 2. The lowest BCUT2D eigenvalue weighted by molar-refractivity contribution is 0.356. The summed E-state index contributed by atoms with van der Waals surface area (Å²) in [6.45, 7) is 3.99. The summed E-state index contributed by atoms with van der Waals surface area (Å²) in [6, 6.07) is 10.1. The largest absolute Gasteiger partial charge is 0.493 e. The van der Waals surface area contributed by atoms with E-state index in [2.05, 4.69) is 45.4 Å². The molecule has 2 aromatic carbocycles. The Morgan fingerprint density at radius 3 is 2.63 bits per heavy atom. The summed E-state index contributed by atoms with van der Waals surface area (Å²) in [6.07, 6.45) is 0. The second-order valence-electron chi connectivity index (χ2n) is 6.26. The van der Waals surface area contributed by atoms with Crippen LogP contribution in [0.15, 0.2) is 35.8 Å². The Morgan fingerprint density at radius 1 is 1.07 bits per heavy atom. The first kappa shape index (κ1) is 17.5. The third-order valence-electron chi connectivity index (χ3n) is 4.52. The lowest BCUT2D eigenvalue weighted by Gasteiger charge is -2.18. The molecule has 7 heteroatoms. The molecular weight excluding hydrogens is 360 g/mol. The van der Waals surface area contributed by atoms with E-state index in [1.165, 1.54) is 4.70 Å². The van der Waals surface area contributed by atoms with E-state index in [-0.39, 0.29) is 6.04 Å². The van der Waals surface area contributed by atoms with Crippen molar-refractivity contribution in [2.75, 3.05) is 19.5 Å². The topological polar surface area (TPSA) is 69.2 Å². The van der Waals surface area contributed by atoms with Gasteiger partial charge in [0.1, 0.15) is 11.6 Å². The van der Waals surface area contributed by atoms with Crippen LogP contribution in [0.25, 0.3) is 21.1 Å². The number of hydrogen-bond acceptors (Lipinski definition) is 7. The molecule has 0 saturated heterocycles. The number of methoxy groups -OCH3 is 2. The fourth-order valence-corrected chi connectivity index (χ4v) is 3.93. The van der Waals surface area contributed by atoms with Gasteiger partial charge in [-0.1, -0.05) is 12.1 Å². The van der Waals surface area contributed by atoms with Gasteiger partial charge < -0.3 is 14.8 Å². The number of nitrogens with one attached hydrogen (secondary N) is 1. The molecule has 0 fully saturated rings. The molecule has 1 N–H and O–H groups in total. The van der Waals surface area contributed by atoms with Crippen LogP contribution in [0.3, 0.4) is 0 Å². The van der Waals surface area contributed by atoms with Crippen LogP contribution in [0.4, 0.5) is 5.82 Å². The summed E-state index contributed by atoms with van der Waals surface area (Å²) in [7, 11) is 3.24. The molecule has 2 aromatic heterocycles. The van der Waals surface area contributed by atoms with E-state index < -0.39 is 0 Å². The van der Waals surface area contributed by atoms with Gasteiger partial charge in [0, 0.05) is 17.0 Å². The van der Waals surface area contributed by atoms with Crippen LogP contribution in [-0.4, -0.2) is 29.2 Å². The quantitative estimate of drug-likeness (QED) is 0.539. The highest BCUT2D eigenvalue weighted by molar-refractivity contribution is 7.16. The lowest BCUT2D eigenvalue weighted by Crippen LogP contribution is -2.10. The number of para-hydroxylation sites is 1. The average molecular weight is 380 g/mol. The van der Waals surface area contributed by atoms with Gasteiger partial charge in [-0.25, -0.2) is 15.0 Å². The molecule has 0 radical (unpaired) electrons. The summed E-state index contributed by atoms with van der Waals surface area (Å²) < 4.78 is 12.0. The molecule has 6 nitrogen and oxygen atoms in total. The van der Waals surface area contributed by atoms with Crippen molar-refractivity contribution in [1.29, 1.82) is 0 Å². The van der Waals surface area contributed by atoms with E-state index in [0.717, 1.165) is 27.8 Å². The van der Waals surface area contributed by atoms with E-state index in [9.17, 15) is 0 Å². The van der Waals surface area contributed by atoms with Crippen LogP contribution >= 0.6 is 11.3 Å². The first-order valence-electron chi connectivity index (χ1n) is 8.59. The number of hydrogen-bond donors (Lipinski definition) is 1. The molecule has 0 saturated carbocycles. The minimum absolute atomic E-state index is 0.0291. The standard InChI is InChI=1S/C20H20N4O2S/c1-11(13-6-5-7-18-19(13)21-10-27-18)22-20-14-8-16(25-3)17(26-4)9-15(14)23-12(2)24-20/h5-11H,1-4H3,(H,22,23,24). The highest BCUT2D eigenvalue weighted by Crippen LogP contribution is 2.35. The zero-order valence-corrected chi connectivity index (χ0v) is 16.4. The molecule has 0 aliphatic heterocycles. The molecule has 2 heterocycles. The minimum Gasteiger partial charge on any atom is -0.493 e. The zero-order valence-electron chi connectivity index (χ0n) is 15.6. The number of thiazole rings is 1. The Labute approximate surface area is 161 Å². The van der Waals surface area contributed by atoms with Gasteiger partial charge >= 0.3 is 0 Å². The molecule has 0 aliphatic rings. The van der Waals surface area contributed by atoms with Crippen LogP contribution < -0.4 is 14.8 Å². The van der Waals surface area contributed by atoms with Crippen LogP contribution in [-0.2, 0) is 0 Å². The van der Waals surface area contributed by atoms with Gasteiger partial charge in [-0.3, -0.25) is 0 Å². The predicted octanol–water partition coefficient (Wildman–Crippen LogP) is 4.74. The predicted molar refractivity (Wildman–Crippen MR) is 109 cm³/mol. The fourth-order valence-electron chi connectivity index (χ4n) is 3.22. The van der Waals surface area contributed by atoms with Crippen molar-refractivity contribution in [1.82, 2.24) is 15.0 Å².